The van der Waals surface area contributed by atoms with E-state index in [1.807, 2.05) is 158 Å². The molecule has 25 rings (SSSR count). The number of fused-ring (bicyclic) bond motifs is 18. The lowest BCUT2D eigenvalue weighted by atomic mass is 9.89. The van der Waals surface area contributed by atoms with E-state index in [1.165, 1.54) is 0 Å². The van der Waals surface area contributed by atoms with Gasteiger partial charge >= 0.3 is 0 Å². The fourth-order valence-electron chi connectivity index (χ4n) is 17.8. The van der Waals surface area contributed by atoms with Crippen molar-refractivity contribution in [2.75, 3.05) is 0 Å². The molecule has 0 unspecified atom stereocenters. The predicted molar refractivity (Wildman–Crippen MR) is 494 cm³/mol. The number of benzene rings is 17. The van der Waals surface area contributed by atoms with Crippen molar-refractivity contribution < 1.29 is 17.7 Å². The van der Waals surface area contributed by atoms with Gasteiger partial charge in [0.2, 0.25) is 0 Å². The van der Waals surface area contributed by atoms with E-state index in [4.69, 9.17) is 57.5 Å². The Hall–Kier alpha value is -16.7. The summed E-state index contributed by atoms with van der Waals surface area (Å²) >= 11 is 0. The molecule has 568 valence electrons. The van der Waals surface area contributed by atoms with Crippen molar-refractivity contribution >= 4 is 131 Å². The smallest absolute Gasteiger partial charge is 0.167 e. The lowest BCUT2D eigenvalue weighted by molar-refractivity contribution is 0.669. The molecule has 0 aliphatic carbocycles. The van der Waals surface area contributed by atoms with Crippen LogP contribution < -0.4 is 0 Å². The summed E-state index contributed by atoms with van der Waals surface area (Å²) in [6, 6.07) is 133. The fourth-order valence-corrected chi connectivity index (χ4v) is 17.8. The van der Waals surface area contributed by atoms with Crippen molar-refractivity contribution in [2.24, 2.45) is 0 Å². The summed E-state index contributed by atoms with van der Waals surface area (Å²) in [4.78, 5) is 40.9. The van der Waals surface area contributed by atoms with Crippen LogP contribution in [0, 0.1) is 0 Å². The van der Waals surface area contributed by atoms with Gasteiger partial charge in [0, 0.05) is 120 Å². The van der Waals surface area contributed by atoms with E-state index in [1.54, 1.807) is 0 Å². The molecule has 25 aromatic rings. The van der Waals surface area contributed by atoms with Gasteiger partial charge in [0.25, 0.3) is 0 Å². The van der Waals surface area contributed by atoms with Crippen LogP contribution >= 0.6 is 0 Å². The summed E-state index contributed by atoms with van der Waals surface area (Å²) in [6.45, 7) is 0. The largest absolute Gasteiger partial charge is 0.456 e. The Kier molecular flexibility index (Phi) is 16.3. The highest BCUT2D eigenvalue weighted by molar-refractivity contribution is 6.30. The van der Waals surface area contributed by atoms with Gasteiger partial charge in [-0.25, -0.2) is 39.9 Å². The number of nitrogens with zero attached hydrogens (tertiary/aromatic N) is 8. The van der Waals surface area contributed by atoms with Crippen molar-refractivity contribution in [1.82, 2.24) is 39.9 Å². The molecule has 0 amide bonds. The zero-order valence-corrected chi connectivity index (χ0v) is 65.2. The van der Waals surface area contributed by atoms with Gasteiger partial charge in [-0.2, -0.15) is 0 Å². The molecule has 122 heavy (non-hydrogen) atoms. The zero-order valence-electron chi connectivity index (χ0n) is 65.2. The Morgan fingerprint density at radius 3 is 0.811 bits per heavy atom. The topological polar surface area (TPSA) is 156 Å². The number of aromatic nitrogens is 8. The molecule has 0 aliphatic rings. The predicted octanol–water partition coefficient (Wildman–Crippen LogP) is 29.1. The Balaban J connectivity index is 0.000000139. The molecule has 0 spiro atoms. The number of furan rings is 4. The molecular weight excluding hydrogens is 1500 g/mol. The standard InChI is InChI=1S/C58H34N4O2.C52H30N4O2/c1-3-14-38(15-4-1)54-46-34-50-53(44-20-9-12-25-49(44)63-50)51(52(46)43-19-7-10-23-47(43)59-54)37-30-26-35(27-31-37)36-28-32-40(33-29-36)57-60-56(39-16-5-2-6-17-39)61-58(62-57)45-22-13-21-42-41-18-8-11-24-48(41)64-55(42)45;1-3-14-32(15-4-1)48-40-30-44-47(38-20-9-12-25-43(38)57-44)45(46(40)37-19-7-10-23-41(37)53-48)31-26-28-34(29-27-31)51-54-50(33-16-5-2-6-17-33)55-52(56-51)39-22-13-21-36-35-18-8-11-24-42(35)58-49(36)39/h1-34H;1-30H. The number of para-hydroxylation sites is 8. The molecule has 0 aliphatic heterocycles. The normalized spacial score (nSPS) is 11.8. The average molecular weight is 1560 g/mol. The van der Waals surface area contributed by atoms with Gasteiger partial charge in [0.1, 0.15) is 44.7 Å². The maximum absolute atomic E-state index is 6.62. The molecule has 12 heteroatoms. The molecule has 0 radical (unpaired) electrons. The van der Waals surface area contributed by atoms with Crippen LogP contribution in [0.2, 0.25) is 0 Å². The third kappa shape index (κ3) is 11.8. The molecule has 0 saturated carbocycles. The van der Waals surface area contributed by atoms with Crippen LogP contribution in [0.5, 0.6) is 0 Å². The molecule has 0 atom stereocenters. The average Bonchev–Trinajstić information content (AvgIpc) is 1.39. The second kappa shape index (κ2) is 28.6. The summed E-state index contributed by atoms with van der Waals surface area (Å²) in [5.41, 5.74) is 24.1. The van der Waals surface area contributed by atoms with Crippen molar-refractivity contribution in [3.8, 4) is 124 Å². The molecule has 8 aromatic heterocycles. The van der Waals surface area contributed by atoms with Crippen LogP contribution in [0.1, 0.15) is 0 Å². The SMILES string of the molecule is c1ccc(-c2nc(-c3ccc(-c4c5c(cc6c(-c7ccccc7)nc7ccccc7c46)oc4ccccc45)cc3)nc(-c3cccc4c3oc3ccccc34)n2)cc1.c1ccc(-c2nc(-c3ccc(-c4ccc(-c5c6c(cc7c(-c8ccccc8)nc8ccccc8c57)oc5ccccc56)cc4)cc3)nc(-c3cccc4c3oc3ccccc34)n2)cc1. The van der Waals surface area contributed by atoms with Gasteiger partial charge < -0.3 is 17.7 Å². The highest BCUT2D eigenvalue weighted by Gasteiger charge is 2.27. The quantitative estimate of drug-likeness (QED) is 0.113. The Morgan fingerprint density at radius 1 is 0.156 bits per heavy atom. The van der Waals surface area contributed by atoms with Crippen molar-refractivity contribution in [1.29, 1.82) is 0 Å². The van der Waals surface area contributed by atoms with Crippen LogP contribution in [0.15, 0.2) is 406 Å². The summed E-state index contributed by atoms with van der Waals surface area (Å²) in [6.07, 6.45) is 0. The Bertz CT molecular complexity index is 8480. The number of rotatable bonds is 11. The molecule has 0 fully saturated rings. The first-order valence-electron chi connectivity index (χ1n) is 40.7. The first kappa shape index (κ1) is 69.6. The lowest BCUT2D eigenvalue weighted by Gasteiger charge is -2.16. The minimum atomic E-state index is 0.547. The van der Waals surface area contributed by atoms with Crippen molar-refractivity contribution in [3.05, 3.63) is 388 Å². The summed E-state index contributed by atoms with van der Waals surface area (Å²) in [5.74, 6) is 3.45. The van der Waals surface area contributed by atoms with E-state index in [9.17, 15) is 0 Å². The van der Waals surface area contributed by atoms with Crippen LogP contribution in [0.3, 0.4) is 0 Å². The highest BCUT2D eigenvalue weighted by atomic mass is 16.3. The van der Waals surface area contributed by atoms with E-state index >= 15 is 0 Å². The van der Waals surface area contributed by atoms with E-state index in [0.717, 1.165) is 220 Å². The van der Waals surface area contributed by atoms with Gasteiger partial charge in [-0.1, -0.05) is 328 Å². The second-order valence-electron chi connectivity index (χ2n) is 30.6. The Labute approximate surface area is 696 Å². The maximum Gasteiger partial charge on any atom is 0.167 e. The second-order valence-corrected chi connectivity index (χ2v) is 30.6. The van der Waals surface area contributed by atoms with Gasteiger partial charge in [0.15, 0.2) is 34.9 Å². The molecule has 17 aromatic carbocycles. The third-order valence-electron chi connectivity index (χ3n) is 23.5. The molecule has 0 bridgehead atoms. The van der Waals surface area contributed by atoms with Crippen LogP contribution in [-0.4, -0.2) is 39.9 Å². The van der Waals surface area contributed by atoms with Crippen molar-refractivity contribution in [3.63, 3.8) is 0 Å². The third-order valence-corrected chi connectivity index (χ3v) is 23.5. The van der Waals surface area contributed by atoms with Gasteiger partial charge in [-0.05, 0) is 82.9 Å². The van der Waals surface area contributed by atoms with E-state index in [-0.39, 0.29) is 0 Å². The van der Waals surface area contributed by atoms with Crippen LogP contribution in [0.25, 0.3) is 255 Å². The minimum absolute atomic E-state index is 0.547. The Morgan fingerprint density at radius 2 is 0.434 bits per heavy atom. The van der Waals surface area contributed by atoms with E-state index in [2.05, 4.69) is 231 Å². The van der Waals surface area contributed by atoms with Gasteiger partial charge in [-0.3, -0.25) is 0 Å². The van der Waals surface area contributed by atoms with E-state index < -0.39 is 0 Å². The van der Waals surface area contributed by atoms with Gasteiger partial charge in [0.05, 0.1) is 33.5 Å². The molecule has 0 N–H and O–H groups in total. The monoisotopic (exact) mass is 1560 g/mol. The zero-order chi connectivity index (χ0) is 80.3. The molecular formula is C110H64N8O4. The first-order valence-corrected chi connectivity index (χ1v) is 40.7. The summed E-state index contributed by atoms with van der Waals surface area (Å²) in [5, 5.41) is 15.0. The molecule has 8 heterocycles. The van der Waals surface area contributed by atoms with Crippen LogP contribution in [0.4, 0.5) is 0 Å². The molecule has 0 saturated heterocycles. The first-order chi connectivity index (χ1) is 60.5. The summed E-state index contributed by atoms with van der Waals surface area (Å²) in [7, 11) is 0. The maximum atomic E-state index is 6.62. The number of hydrogen-bond donors (Lipinski definition) is 0. The summed E-state index contributed by atoms with van der Waals surface area (Å²) < 4.78 is 26.1. The lowest BCUT2D eigenvalue weighted by Crippen LogP contribution is -2.00. The minimum Gasteiger partial charge on any atom is -0.456 e. The highest BCUT2D eigenvalue weighted by Crippen LogP contribution is 2.50. The fraction of sp³-hybridized carbons (Fsp3) is 0. The number of hydrogen-bond acceptors (Lipinski definition) is 12. The number of pyridine rings is 2. The van der Waals surface area contributed by atoms with Gasteiger partial charge in [-0.15, -0.1) is 0 Å². The van der Waals surface area contributed by atoms with Crippen molar-refractivity contribution in [2.45, 2.75) is 0 Å². The molecule has 12 nitrogen and oxygen atoms in total. The van der Waals surface area contributed by atoms with E-state index in [0.29, 0.717) is 34.9 Å². The van der Waals surface area contributed by atoms with Crippen LogP contribution in [-0.2, 0) is 0 Å².